The fourth-order valence-electron chi connectivity index (χ4n) is 1.60. The number of carbonyl (C=O) groups is 1. The Bertz CT molecular complexity index is 669. The van der Waals surface area contributed by atoms with E-state index in [4.69, 9.17) is 0 Å². The molecule has 2 rings (SSSR count). The summed E-state index contributed by atoms with van der Waals surface area (Å²) in [7, 11) is 0. The van der Waals surface area contributed by atoms with Crippen molar-refractivity contribution < 1.29 is 9.72 Å². The molecule has 2 amide bonds. The first-order valence-electron chi connectivity index (χ1n) is 6.24. The second-order valence-electron chi connectivity index (χ2n) is 4.58. The molecule has 110 valence electrons. The lowest BCUT2D eigenvalue weighted by atomic mass is 10.2. The van der Waals surface area contributed by atoms with E-state index in [1.54, 1.807) is 12.3 Å². The molecular weight excluding hydrogens is 292 g/mol. The van der Waals surface area contributed by atoms with Crippen LogP contribution in [0.2, 0.25) is 0 Å². The normalized spacial score (nSPS) is 10.4. The van der Waals surface area contributed by atoms with Crippen molar-refractivity contribution in [2.75, 3.05) is 10.6 Å². The first kappa shape index (κ1) is 14.9. The highest BCUT2D eigenvalue weighted by Gasteiger charge is 2.15. The topological polar surface area (TPSA) is 97.2 Å². The van der Waals surface area contributed by atoms with Gasteiger partial charge in [-0.25, -0.2) is 9.78 Å². The maximum Gasteiger partial charge on any atom is 0.325 e. The summed E-state index contributed by atoms with van der Waals surface area (Å²) in [4.78, 5) is 27.3. The molecule has 0 fully saturated rings. The lowest BCUT2D eigenvalue weighted by Gasteiger charge is -2.05. The van der Waals surface area contributed by atoms with E-state index >= 15 is 0 Å². The van der Waals surface area contributed by atoms with Gasteiger partial charge in [0.15, 0.2) is 5.13 Å². The van der Waals surface area contributed by atoms with Gasteiger partial charge in [0.05, 0.1) is 4.92 Å². The van der Waals surface area contributed by atoms with E-state index in [2.05, 4.69) is 15.6 Å². The smallest absolute Gasteiger partial charge is 0.302 e. The molecule has 0 bridgehead atoms. The predicted octanol–water partition coefficient (Wildman–Crippen LogP) is 3.82. The van der Waals surface area contributed by atoms with Crippen LogP contribution in [0, 0.1) is 10.1 Å². The van der Waals surface area contributed by atoms with Gasteiger partial charge in [0.25, 0.3) is 5.69 Å². The fraction of sp³-hybridized carbons (Fsp3) is 0.231. The molecule has 8 heteroatoms. The van der Waals surface area contributed by atoms with Crippen LogP contribution in [0.15, 0.2) is 30.5 Å². The third kappa shape index (κ3) is 3.76. The minimum atomic E-state index is -0.561. The average Bonchev–Trinajstić information content (AvgIpc) is 2.87. The van der Waals surface area contributed by atoms with Crippen molar-refractivity contribution in [3.05, 3.63) is 45.5 Å². The zero-order valence-corrected chi connectivity index (χ0v) is 12.3. The average molecular weight is 306 g/mol. The molecule has 0 aliphatic heterocycles. The zero-order valence-electron chi connectivity index (χ0n) is 11.5. The zero-order chi connectivity index (χ0) is 15.4. The van der Waals surface area contributed by atoms with E-state index in [1.807, 2.05) is 13.8 Å². The van der Waals surface area contributed by atoms with Crippen LogP contribution in [-0.4, -0.2) is 15.9 Å². The number of aromatic nitrogens is 1. The summed E-state index contributed by atoms with van der Waals surface area (Å²) in [6.45, 7) is 4.06. The third-order valence-electron chi connectivity index (χ3n) is 2.66. The monoisotopic (exact) mass is 306 g/mol. The molecule has 0 atom stereocenters. The number of benzene rings is 1. The molecule has 7 nitrogen and oxygen atoms in total. The van der Waals surface area contributed by atoms with Crippen LogP contribution in [0.4, 0.5) is 21.3 Å². The Balaban J connectivity index is 2.06. The number of hydrogen-bond acceptors (Lipinski definition) is 5. The van der Waals surface area contributed by atoms with E-state index in [9.17, 15) is 14.9 Å². The molecule has 1 heterocycles. The van der Waals surface area contributed by atoms with Crippen LogP contribution in [0.25, 0.3) is 0 Å². The Labute approximate surface area is 125 Å². The molecular formula is C13H14N4O3S. The maximum atomic E-state index is 11.9. The van der Waals surface area contributed by atoms with Gasteiger partial charge in [-0.1, -0.05) is 26.0 Å². The van der Waals surface area contributed by atoms with Gasteiger partial charge in [-0.2, -0.15) is 0 Å². The van der Waals surface area contributed by atoms with Gasteiger partial charge < -0.3 is 5.32 Å². The molecule has 21 heavy (non-hydrogen) atoms. The standard InChI is InChI=1S/C13H14N4O3S/c1-8(2)11-7-14-13(21-11)16-12(18)15-9-5-3-4-6-10(9)17(19)20/h3-8H,1-2H3,(H2,14,15,16,18). The van der Waals surface area contributed by atoms with Crippen molar-refractivity contribution in [1.29, 1.82) is 0 Å². The number of carbonyl (C=O) groups excluding carboxylic acids is 1. The molecule has 0 spiro atoms. The minimum absolute atomic E-state index is 0.139. The van der Waals surface area contributed by atoms with Gasteiger partial charge in [-0.15, -0.1) is 11.3 Å². The molecule has 1 aromatic heterocycles. The number of hydrogen-bond donors (Lipinski definition) is 2. The number of urea groups is 1. The molecule has 0 radical (unpaired) electrons. The minimum Gasteiger partial charge on any atom is -0.302 e. The van der Waals surface area contributed by atoms with E-state index in [-0.39, 0.29) is 11.4 Å². The summed E-state index contributed by atoms with van der Waals surface area (Å²) in [6, 6.07) is 5.39. The summed E-state index contributed by atoms with van der Waals surface area (Å²) < 4.78 is 0. The maximum absolute atomic E-state index is 11.9. The number of anilines is 2. The quantitative estimate of drug-likeness (QED) is 0.662. The van der Waals surface area contributed by atoms with Crippen molar-refractivity contribution in [2.45, 2.75) is 19.8 Å². The van der Waals surface area contributed by atoms with Crippen LogP contribution in [-0.2, 0) is 0 Å². The summed E-state index contributed by atoms with van der Waals surface area (Å²) >= 11 is 1.37. The van der Waals surface area contributed by atoms with Gasteiger partial charge in [0.2, 0.25) is 0 Å². The fourth-order valence-corrected chi connectivity index (χ4v) is 2.41. The molecule has 0 aliphatic carbocycles. The van der Waals surface area contributed by atoms with Gasteiger partial charge in [0, 0.05) is 17.1 Å². The SMILES string of the molecule is CC(C)c1cnc(NC(=O)Nc2ccccc2[N+](=O)[O-])s1. The number of amides is 2. The Morgan fingerprint density at radius 2 is 2.05 bits per heavy atom. The Hall–Kier alpha value is -2.48. The first-order valence-corrected chi connectivity index (χ1v) is 7.06. The van der Waals surface area contributed by atoms with Crippen LogP contribution < -0.4 is 10.6 Å². The van der Waals surface area contributed by atoms with Crippen LogP contribution >= 0.6 is 11.3 Å². The summed E-state index contributed by atoms with van der Waals surface area (Å²) in [5, 5.41) is 16.3. The largest absolute Gasteiger partial charge is 0.325 e. The highest BCUT2D eigenvalue weighted by atomic mass is 32.1. The van der Waals surface area contributed by atoms with Crippen molar-refractivity contribution >= 4 is 33.9 Å². The van der Waals surface area contributed by atoms with Crippen LogP contribution in [0.1, 0.15) is 24.6 Å². The highest BCUT2D eigenvalue weighted by molar-refractivity contribution is 7.15. The van der Waals surface area contributed by atoms with Crippen LogP contribution in [0.3, 0.4) is 0 Å². The highest BCUT2D eigenvalue weighted by Crippen LogP contribution is 2.26. The lowest BCUT2D eigenvalue weighted by molar-refractivity contribution is -0.383. The molecule has 0 aliphatic rings. The number of nitrogens with zero attached hydrogens (tertiary/aromatic N) is 2. The van der Waals surface area contributed by atoms with Crippen LogP contribution in [0.5, 0.6) is 0 Å². The number of rotatable bonds is 4. The van der Waals surface area contributed by atoms with Crippen molar-refractivity contribution in [1.82, 2.24) is 4.98 Å². The second-order valence-corrected chi connectivity index (χ2v) is 5.64. The number of thiazole rings is 1. The summed E-state index contributed by atoms with van der Waals surface area (Å²) in [5.41, 5.74) is -0.0182. The van der Waals surface area contributed by atoms with Crippen molar-refractivity contribution in [2.24, 2.45) is 0 Å². The van der Waals surface area contributed by atoms with Gasteiger partial charge in [-0.3, -0.25) is 15.4 Å². The van der Waals surface area contributed by atoms with Gasteiger partial charge in [-0.05, 0) is 12.0 Å². The Morgan fingerprint density at radius 1 is 1.33 bits per heavy atom. The second kappa shape index (κ2) is 6.31. The van der Waals surface area contributed by atoms with E-state index in [0.29, 0.717) is 11.0 Å². The predicted molar refractivity (Wildman–Crippen MR) is 81.9 cm³/mol. The number of nitrogens with one attached hydrogen (secondary N) is 2. The molecule has 2 N–H and O–H groups in total. The summed E-state index contributed by atoms with van der Waals surface area (Å²) in [6.07, 6.45) is 1.70. The summed E-state index contributed by atoms with van der Waals surface area (Å²) in [5.74, 6) is 0.330. The van der Waals surface area contributed by atoms with E-state index in [1.165, 1.54) is 29.5 Å². The number of nitro benzene ring substituents is 1. The molecule has 2 aromatic rings. The van der Waals surface area contributed by atoms with E-state index < -0.39 is 11.0 Å². The Kier molecular flexibility index (Phi) is 4.49. The molecule has 0 saturated carbocycles. The van der Waals surface area contributed by atoms with Crippen molar-refractivity contribution in [3.8, 4) is 0 Å². The van der Waals surface area contributed by atoms with E-state index in [0.717, 1.165) is 4.88 Å². The first-order chi connectivity index (χ1) is 9.97. The molecule has 1 aromatic carbocycles. The lowest BCUT2D eigenvalue weighted by Crippen LogP contribution is -2.19. The Morgan fingerprint density at radius 3 is 2.67 bits per heavy atom. The number of nitro groups is 1. The van der Waals surface area contributed by atoms with Gasteiger partial charge in [0.1, 0.15) is 5.69 Å². The molecule has 0 saturated heterocycles. The van der Waals surface area contributed by atoms with Crippen molar-refractivity contribution in [3.63, 3.8) is 0 Å². The third-order valence-corrected chi connectivity index (χ3v) is 3.88. The van der Waals surface area contributed by atoms with Gasteiger partial charge >= 0.3 is 6.03 Å². The number of para-hydroxylation sites is 2. The molecule has 0 unspecified atom stereocenters.